The van der Waals surface area contributed by atoms with Crippen molar-refractivity contribution in [2.45, 2.75) is 6.18 Å². The summed E-state index contributed by atoms with van der Waals surface area (Å²) in [6.45, 7) is -1.21. The van der Waals surface area contributed by atoms with Gasteiger partial charge in [-0.3, -0.25) is 0 Å². The van der Waals surface area contributed by atoms with Gasteiger partial charge in [0.05, 0.1) is 11.8 Å². The molecule has 1 aromatic rings. The number of alkyl halides is 3. The Morgan fingerprint density at radius 3 is 2.76 bits per heavy atom. The van der Waals surface area contributed by atoms with Gasteiger partial charge in [0, 0.05) is 7.05 Å². The minimum absolute atomic E-state index is 0.0780. The van der Waals surface area contributed by atoms with Gasteiger partial charge in [0.15, 0.2) is 11.7 Å². The van der Waals surface area contributed by atoms with Gasteiger partial charge in [-0.05, 0) is 6.07 Å². The van der Waals surface area contributed by atoms with Crippen molar-refractivity contribution < 1.29 is 18.4 Å². The first kappa shape index (κ1) is 13.0. The van der Waals surface area contributed by atoms with Gasteiger partial charge in [-0.15, -0.1) is 5.10 Å². The highest BCUT2D eigenvalue weighted by molar-refractivity contribution is 6.01. The summed E-state index contributed by atoms with van der Waals surface area (Å²) in [4.78, 5) is 0.820. The fourth-order valence-corrected chi connectivity index (χ4v) is 1.20. The third-order valence-electron chi connectivity index (χ3n) is 1.86. The molecule has 0 aliphatic carbocycles. The summed E-state index contributed by atoms with van der Waals surface area (Å²) >= 11 is 0. The van der Waals surface area contributed by atoms with Gasteiger partial charge in [-0.2, -0.15) is 18.3 Å². The molecule has 0 aliphatic heterocycles. The molecule has 0 aromatic carbocycles. The van der Waals surface area contributed by atoms with Gasteiger partial charge in [0.1, 0.15) is 6.54 Å². The van der Waals surface area contributed by atoms with Crippen molar-refractivity contribution in [3.8, 4) is 0 Å². The maximum absolute atomic E-state index is 12.2. The fourth-order valence-electron chi connectivity index (χ4n) is 1.20. The van der Waals surface area contributed by atoms with Crippen molar-refractivity contribution in [1.29, 1.82) is 0 Å². The highest BCUT2D eigenvalue weighted by Gasteiger charge is 2.31. The van der Waals surface area contributed by atoms with Gasteiger partial charge in [0.2, 0.25) is 0 Å². The minimum atomic E-state index is -4.38. The molecule has 0 amide bonds. The van der Waals surface area contributed by atoms with Gasteiger partial charge in [-0.1, -0.05) is 5.16 Å². The van der Waals surface area contributed by atoms with Crippen LogP contribution in [0.2, 0.25) is 0 Å². The van der Waals surface area contributed by atoms with E-state index < -0.39 is 12.7 Å². The van der Waals surface area contributed by atoms with Crippen LogP contribution >= 0.6 is 0 Å². The van der Waals surface area contributed by atoms with Crippen LogP contribution in [0.5, 0.6) is 0 Å². The molecule has 0 unspecified atom stereocenters. The van der Waals surface area contributed by atoms with Crippen molar-refractivity contribution in [2.75, 3.05) is 18.5 Å². The SMILES string of the molecule is CN(CC(F)(F)F)c1nnccc1/C(N)=N/O. The molecule has 0 saturated carbocycles. The Bertz CT molecular complexity index is 420. The molecule has 0 aliphatic rings. The average Bonchev–Trinajstić information content (AvgIpc) is 2.25. The van der Waals surface area contributed by atoms with Gasteiger partial charge >= 0.3 is 6.18 Å². The summed E-state index contributed by atoms with van der Waals surface area (Å²) in [6, 6.07) is 1.31. The minimum Gasteiger partial charge on any atom is -0.409 e. The zero-order valence-electron chi connectivity index (χ0n) is 8.81. The van der Waals surface area contributed by atoms with E-state index in [2.05, 4.69) is 15.4 Å². The second-order valence-electron chi connectivity index (χ2n) is 3.22. The lowest BCUT2D eigenvalue weighted by Crippen LogP contribution is -2.33. The number of nitrogens with two attached hydrogens (primary N) is 1. The Kier molecular flexibility index (Phi) is 3.71. The van der Waals surface area contributed by atoms with Gasteiger partial charge in [-0.25, -0.2) is 0 Å². The number of aromatic nitrogens is 2. The second-order valence-corrected chi connectivity index (χ2v) is 3.22. The van der Waals surface area contributed by atoms with Gasteiger partial charge in [0.25, 0.3) is 0 Å². The smallest absolute Gasteiger partial charge is 0.405 e. The molecule has 3 N–H and O–H groups in total. The molecule has 0 bridgehead atoms. The predicted octanol–water partition coefficient (Wildman–Crippen LogP) is 0.570. The number of nitrogens with zero attached hydrogens (tertiary/aromatic N) is 4. The average molecular weight is 249 g/mol. The van der Waals surface area contributed by atoms with Gasteiger partial charge < -0.3 is 15.8 Å². The topological polar surface area (TPSA) is 87.6 Å². The second kappa shape index (κ2) is 4.85. The zero-order valence-corrected chi connectivity index (χ0v) is 8.81. The Hall–Kier alpha value is -2.06. The molecule has 0 atom stereocenters. The zero-order chi connectivity index (χ0) is 13.1. The maximum atomic E-state index is 12.2. The molecule has 6 nitrogen and oxygen atoms in total. The summed E-state index contributed by atoms with van der Waals surface area (Å²) in [5.41, 5.74) is 5.40. The van der Waals surface area contributed by atoms with Crippen molar-refractivity contribution in [2.24, 2.45) is 10.9 Å². The van der Waals surface area contributed by atoms with Crippen molar-refractivity contribution >= 4 is 11.7 Å². The Morgan fingerprint density at radius 2 is 2.24 bits per heavy atom. The number of rotatable bonds is 3. The molecule has 0 fully saturated rings. The molecule has 0 saturated heterocycles. The Balaban J connectivity index is 3.05. The van der Waals surface area contributed by atoms with E-state index in [4.69, 9.17) is 10.9 Å². The van der Waals surface area contributed by atoms with E-state index in [0.717, 1.165) is 4.90 Å². The summed E-state index contributed by atoms with van der Waals surface area (Å²) < 4.78 is 36.6. The molecular weight excluding hydrogens is 239 g/mol. The van der Waals surface area contributed by atoms with Crippen molar-refractivity contribution in [1.82, 2.24) is 10.2 Å². The standard InChI is InChI=1S/C8H10F3N5O/c1-16(4-8(9,10)11)7-5(6(12)15-17)2-3-13-14-7/h2-3,17H,4H2,1H3,(H2,12,15). The van der Waals surface area contributed by atoms with Crippen LogP contribution in [0, 0.1) is 0 Å². The van der Waals surface area contributed by atoms with Crippen LogP contribution in [-0.4, -0.2) is 41.0 Å². The van der Waals surface area contributed by atoms with E-state index in [9.17, 15) is 13.2 Å². The van der Waals surface area contributed by atoms with Crippen LogP contribution in [-0.2, 0) is 0 Å². The number of hydrogen-bond donors (Lipinski definition) is 2. The molecule has 9 heteroatoms. The molecular formula is C8H10F3N5O. The highest BCUT2D eigenvalue weighted by atomic mass is 19.4. The van der Waals surface area contributed by atoms with Crippen LogP contribution in [0.15, 0.2) is 17.4 Å². The number of amidine groups is 1. The van der Waals surface area contributed by atoms with Crippen LogP contribution in [0.25, 0.3) is 0 Å². The van der Waals surface area contributed by atoms with Crippen LogP contribution in [0.1, 0.15) is 5.56 Å². The Morgan fingerprint density at radius 1 is 1.59 bits per heavy atom. The summed E-state index contributed by atoms with van der Waals surface area (Å²) in [7, 11) is 1.19. The number of hydrogen-bond acceptors (Lipinski definition) is 5. The molecule has 1 rings (SSSR count). The van der Waals surface area contributed by atoms with Crippen LogP contribution in [0.4, 0.5) is 19.0 Å². The van der Waals surface area contributed by atoms with Crippen molar-refractivity contribution in [3.05, 3.63) is 17.8 Å². The normalized spacial score (nSPS) is 12.6. The van der Waals surface area contributed by atoms with E-state index in [-0.39, 0.29) is 17.2 Å². The molecule has 0 radical (unpaired) electrons. The predicted molar refractivity (Wildman–Crippen MR) is 53.9 cm³/mol. The lowest BCUT2D eigenvalue weighted by Gasteiger charge is -2.21. The largest absolute Gasteiger partial charge is 0.409 e. The molecule has 17 heavy (non-hydrogen) atoms. The van der Waals surface area contributed by atoms with Crippen LogP contribution in [0.3, 0.4) is 0 Å². The third kappa shape index (κ3) is 3.47. The summed E-state index contributed by atoms with van der Waals surface area (Å²) in [6.07, 6.45) is -3.15. The summed E-state index contributed by atoms with van der Waals surface area (Å²) in [5.74, 6) is -0.441. The molecule has 94 valence electrons. The van der Waals surface area contributed by atoms with Crippen molar-refractivity contribution in [3.63, 3.8) is 0 Å². The monoisotopic (exact) mass is 249 g/mol. The fraction of sp³-hybridized carbons (Fsp3) is 0.375. The number of halogens is 3. The quantitative estimate of drug-likeness (QED) is 0.354. The molecule has 1 aromatic heterocycles. The first-order valence-corrected chi connectivity index (χ1v) is 4.42. The highest BCUT2D eigenvalue weighted by Crippen LogP contribution is 2.21. The number of oxime groups is 1. The van der Waals surface area contributed by atoms with E-state index in [0.29, 0.717) is 0 Å². The summed E-state index contributed by atoms with van der Waals surface area (Å²) in [5, 5.41) is 18.2. The lowest BCUT2D eigenvalue weighted by molar-refractivity contribution is -0.119. The van der Waals surface area contributed by atoms with E-state index in [1.54, 1.807) is 0 Å². The first-order chi connectivity index (χ1) is 7.85. The molecule has 1 heterocycles. The van der Waals surface area contributed by atoms with E-state index in [1.165, 1.54) is 19.3 Å². The van der Waals surface area contributed by atoms with Crippen LogP contribution < -0.4 is 10.6 Å². The van der Waals surface area contributed by atoms with E-state index in [1.807, 2.05) is 0 Å². The lowest BCUT2D eigenvalue weighted by atomic mass is 10.2. The third-order valence-corrected chi connectivity index (χ3v) is 1.86. The first-order valence-electron chi connectivity index (χ1n) is 4.42. The molecule has 0 spiro atoms. The Labute approximate surface area is 94.5 Å². The number of anilines is 1. The van der Waals surface area contributed by atoms with E-state index >= 15 is 0 Å². The maximum Gasteiger partial charge on any atom is 0.405 e.